The fourth-order valence-corrected chi connectivity index (χ4v) is 1.93. The number of carbonyl (C=O) groups is 2. The number of non-ortho nitro benzene ring substituents is 1. The third-order valence-electron chi connectivity index (χ3n) is 3.12. The highest BCUT2D eigenvalue weighted by atomic mass is 16.6. The summed E-state index contributed by atoms with van der Waals surface area (Å²) < 4.78 is 0. The van der Waals surface area contributed by atoms with Crippen LogP contribution in [0.3, 0.4) is 0 Å². The molecule has 0 aromatic heterocycles. The molecule has 2 aromatic rings. The summed E-state index contributed by atoms with van der Waals surface area (Å²) in [6, 6.07) is 14.8. The van der Waals surface area contributed by atoms with Gasteiger partial charge in [-0.15, -0.1) is 0 Å². The number of carbonyl (C=O) groups excluding carboxylic acids is 2. The van der Waals surface area contributed by atoms with Crippen LogP contribution >= 0.6 is 0 Å². The molecule has 0 saturated carbocycles. The third kappa shape index (κ3) is 6.22. The molecule has 2 aromatic carbocycles. The van der Waals surface area contributed by atoms with Gasteiger partial charge in [0.1, 0.15) is 0 Å². The Balaban J connectivity index is 1.76. The van der Waals surface area contributed by atoms with E-state index >= 15 is 0 Å². The summed E-state index contributed by atoms with van der Waals surface area (Å²) in [6.07, 6.45) is 1.30. The molecule has 0 fully saturated rings. The molecule has 0 saturated heterocycles. The van der Waals surface area contributed by atoms with Crippen molar-refractivity contribution in [3.63, 3.8) is 0 Å². The first-order chi connectivity index (χ1) is 12.0. The predicted molar refractivity (Wildman–Crippen MR) is 93.1 cm³/mol. The Morgan fingerprint density at radius 1 is 1.04 bits per heavy atom. The summed E-state index contributed by atoms with van der Waals surface area (Å²) in [5, 5.41) is 17.1. The van der Waals surface area contributed by atoms with E-state index in [4.69, 9.17) is 0 Å². The molecule has 0 unspecified atom stereocenters. The summed E-state index contributed by atoms with van der Waals surface area (Å²) >= 11 is 0. The van der Waals surface area contributed by atoms with Crippen LogP contribution < -0.4 is 10.7 Å². The molecule has 2 N–H and O–H groups in total. The molecule has 0 bridgehead atoms. The Bertz CT molecular complexity index is 790. The number of nitrogens with one attached hydrogen (secondary N) is 2. The molecule has 2 amide bonds. The van der Waals surface area contributed by atoms with Gasteiger partial charge in [0.15, 0.2) is 0 Å². The first-order valence-electron chi connectivity index (χ1n) is 7.46. The van der Waals surface area contributed by atoms with Gasteiger partial charge in [-0.25, -0.2) is 5.43 Å². The average Bonchev–Trinajstić information content (AvgIpc) is 2.61. The summed E-state index contributed by atoms with van der Waals surface area (Å²) in [5.41, 5.74) is 3.36. The Hall–Kier alpha value is -3.55. The van der Waals surface area contributed by atoms with E-state index < -0.39 is 10.8 Å². The van der Waals surface area contributed by atoms with Gasteiger partial charge in [0.2, 0.25) is 11.8 Å². The van der Waals surface area contributed by atoms with E-state index in [1.54, 1.807) is 30.3 Å². The van der Waals surface area contributed by atoms with E-state index in [1.807, 2.05) is 6.07 Å². The highest BCUT2D eigenvalue weighted by molar-refractivity contribution is 5.93. The summed E-state index contributed by atoms with van der Waals surface area (Å²) in [5.74, 6) is -0.700. The molecule has 0 radical (unpaired) electrons. The number of nitro benzene ring substituents is 1. The molecule has 2 rings (SSSR count). The predicted octanol–water partition coefficient (Wildman–Crippen LogP) is 2.46. The van der Waals surface area contributed by atoms with Crippen LogP contribution in [0.4, 0.5) is 11.4 Å². The lowest BCUT2D eigenvalue weighted by Gasteiger charge is -2.04. The van der Waals surface area contributed by atoms with Gasteiger partial charge in [0.05, 0.1) is 11.1 Å². The van der Waals surface area contributed by atoms with Crippen molar-refractivity contribution in [3.8, 4) is 0 Å². The second-order valence-electron chi connectivity index (χ2n) is 5.06. The minimum Gasteiger partial charge on any atom is -0.326 e. The van der Waals surface area contributed by atoms with Crippen LogP contribution in [0, 0.1) is 10.1 Å². The standard InChI is InChI=1S/C17H16N4O4/c22-16(19-14-6-2-1-3-7-14)9-10-17(23)20-18-12-13-5-4-8-15(11-13)21(24)25/h1-8,11-12H,9-10H2,(H,19,22)(H,20,23)/b18-12-. The first kappa shape index (κ1) is 17.8. The summed E-state index contributed by atoms with van der Waals surface area (Å²) in [7, 11) is 0. The molecule has 8 heteroatoms. The molecular formula is C17H16N4O4. The van der Waals surface area contributed by atoms with Crippen molar-refractivity contribution in [2.24, 2.45) is 5.10 Å². The molecule has 0 aliphatic carbocycles. The van der Waals surface area contributed by atoms with Crippen LogP contribution in [-0.4, -0.2) is 23.0 Å². The molecule has 0 aliphatic heterocycles. The lowest BCUT2D eigenvalue weighted by atomic mass is 10.2. The number of hydrogen-bond donors (Lipinski definition) is 2. The molecule has 0 atom stereocenters. The van der Waals surface area contributed by atoms with E-state index in [1.165, 1.54) is 24.4 Å². The smallest absolute Gasteiger partial charge is 0.270 e. The van der Waals surface area contributed by atoms with Crippen molar-refractivity contribution in [2.75, 3.05) is 5.32 Å². The number of amides is 2. The lowest BCUT2D eigenvalue weighted by Crippen LogP contribution is -2.20. The molecule has 0 aliphatic rings. The van der Waals surface area contributed by atoms with Crippen molar-refractivity contribution in [1.29, 1.82) is 0 Å². The van der Waals surface area contributed by atoms with Crippen LogP contribution in [0.1, 0.15) is 18.4 Å². The lowest BCUT2D eigenvalue weighted by molar-refractivity contribution is -0.384. The number of anilines is 1. The Labute approximate surface area is 143 Å². The highest BCUT2D eigenvalue weighted by Gasteiger charge is 2.07. The zero-order valence-electron chi connectivity index (χ0n) is 13.2. The van der Waals surface area contributed by atoms with Crippen LogP contribution in [0.25, 0.3) is 0 Å². The minimum atomic E-state index is -0.513. The van der Waals surface area contributed by atoms with Crippen LogP contribution in [-0.2, 0) is 9.59 Å². The molecule has 0 heterocycles. The molecule has 8 nitrogen and oxygen atoms in total. The van der Waals surface area contributed by atoms with E-state index in [9.17, 15) is 19.7 Å². The third-order valence-corrected chi connectivity index (χ3v) is 3.12. The minimum absolute atomic E-state index is 0.0209. The highest BCUT2D eigenvalue weighted by Crippen LogP contribution is 2.11. The maximum Gasteiger partial charge on any atom is 0.270 e. The second kappa shape index (κ2) is 8.92. The van der Waals surface area contributed by atoms with E-state index in [0.29, 0.717) is 11.3 Å². The van der Waals surface area contributed by atoms with Gasteiger partial charge in [0.25, 0.3) is 5.69 Å². The molecular weight excluding hydrogens is 324 g/mol. The van der Waals surface area contributed by atoms with Gasteiger partial charge in [-0.1, -0.05) is 30.3 Å². The monoisotopic (exact) mass is 340 g/mol. The zero-order chi connectivity index (χ0) is 18.1. The maximum absolute atomic E-state index is 11.7. The van der Waals surface area contributed by atoms with Crippen LogP contribution in [0.2, 0.25) is 0 Å². The van der Waals surface area contributed by atoms with Gasteiger partial charge < -0.3 is 5.32 Å². The topological polar surface area (TPSA) is 114 Å². The SMILES string of the molecule is O=C(CCC(=O)Nc1ccccc1)N/N=C\c1cccc([N+](=O)[O-])c1. The average molecular weight is 340 g/mol. The van der Waals surface area contributed by atoms with Gasteiger partial charge in [-0.3, -0.25) is 19.7 Å². The van der Waals surface area contributed by atoms with Crippen molar-refractivity contribution in [1.82, 2.24) is 5.43 Å². The molecule has 0 spiro atoms. The van der Waals surface area contributed by atoms with Crippen molar-refractivity contribution in [3.05, 3.63) is 70.3 Å². The fourth-order valence-electron chi connectivity index (χ4n) is 1.93. The second-order valence-corrected chi connectivity index (χ2v) is 5.06. The van der Waals surface area contributed by atoms with E-state index in [0.717, 1.165) is 0 Å². The quantitative estimate of drug-likeness (QED) is 0.458. The van der Waals surface area contributed by atoms with Gasteiger partial charge >= 0.3 is 0 Å². The molecule has 25 heavy (non-hydrogen) atoms. The number of nitro groups is 1. The van der Waals surface area contributed by atoms with Crippen molar-refractivity contribution < 1.29 is 14.5 Å². The largest absolute Gasteiger partial charge is 0.326 e. The fraction of sp³-hybridized carbons (Fsp3) is 0.118. The van der Waals surface area contributed by atoms with E-state index in [-0.39, 0.29) is 24.4 Å². The Kier molecular flexibility index (Phi) is 6.35. The summed E-state index contributed by atoms with van der Waals surface area (Å²) in [6.45, 7) is 0. The normalized spacial score (nSPS) is 10.4. The maximum atomic E-state index is 11.7. The molecule has 128 valence electrons. The van der Waals surface area contributed by atoms with Gasteiger partial charge in [-0.05, 0) is 12.1 Å². The zero-order valence-corrected chi connectivity index (χ0v) is 13.2. The Morgan fingerprint density at radius 3 is 2.48 bits per heavy atom. The summed E-state index contributed by atoms with van der Waals surface area (Å²) in [4.78, 5) is 33.5. The number of hydrogen-bond acceptors (Lipinski definition) is 5. The number of benzene rings is 2. The first-order valence-corrected chi connectivity index (χ1v) is 7.46. The number of hydrazone groups is 1. The van der Waals surface area contributed by atoms with Crippen LogP contribution in [0.5, 0.6) is 0 Å². The van der Waals surface area contributed by atoms with Crippen LogP contribution in [0.15, 0.2) is 59.7 Å². The van der Waals surface area contributed by atoms with Gasteiger partial charge in [0, 0.05) is 36.2 Å². The van der Waals surface area contributed by atoms with Crippen molar-refractivity contribution >= 4 is 29.4 Å². The Morgan fingerprint density at radius 2 is 1.76 bits per heavy atom. The van der Waals surface area contributed by atoms with Gasteiger partial charge in [-0.2, -0.15) is 5.10 Å². The van der Waals surface area contributed by atoms with E-state index in [2.05, 4.69) is 15.8 Å². The number of rotatable bonds is 7. The van der Waals surface area contributed by atoms with Crippen molar-refractivity contribution in [2.45, 2.75) is 12.8 Å². The number of nitrogens with zero attached hydrogens (tertiary/aromatic N) is 2. The number of para-hydroxylation sites is 1.